The summed E-state index contributed by atoms with van der Waals surface area (Å²) in [4.78, 5) is 15.9. The average molecular weight is 338 g/mol. The summed E-state index contributed by atoms with van der Waals surface area (Å²) in [5.41, 5.74) is -0.241. The molecule has 0 saturated carbocycles. The minimum absolute atomic E-state index is 0.0122. The zero-order valence-electron chi connectivity index (χ0n) is 10.5. The highest BCUT2D eigenvalue weighted by atomic mass is 35.5. The minimum atomic E-state index is -3.38. The van der Waals surface area contributed by atoms with E-state index < -0.39 is 20.1 Å². The van der Waals surface area contributed by atoms with E-state index in [9.17, 15) is 18.5 Å². The van der Waals surface area contributed by atoms with Gasteiger partial charge >= 0.3 is 5.69 Å². The summed E-state index contributed by atoms with van der Waals surface area (Å²) in [5.74, 6) is 1.04. The van der Waals surface area contributed by atoms with Gasteiger partial charge in [0.1, 0.15) is 10.5 Å². The Morgan fingerprint density at radius 1 is 1.55 bits per heavy atom. The molecule has 7 nitrogen and oxygen atoms in total. The molecule has 0 amide bonds. The van der Waals surface area contributed by atoms with Gasteiger partial charge in [-0.25, -0.2) is 13.4 Å². The summed E-state index contributed by atoms with van der Waals surface area (Å²) in [6.07, 6.45) is 1.12. The van der Waals surface area contributed by atoms with Crippen molar-refractivity contribution in [2.45, 2.75) is 5.37 Å². The van der Waals surface area contributed by atoms with E-state index in [4.69, 9.17) is 11.6 Å². The number of hydrogen-bond acceptors (Lipinski definition) is 7. The van der Waals surface area contributed by atoms with Crippen molar-refractivity contribution in [1.82, 2.24) is 4.98 Å². The van der Waals surface area contributed by atoms with Crippen LogP contribution >= 0.6 is 23.4 Å². The molecular formula is C10H12ClN3O4S2. The van der Waals surface area contributed by atoms with Crippen molar-refractivity contribution in [1.29, 1.82) is 0 Å². The number of nitro groups is 1. The first-order valence-corrected chi connectivity index (χ1v) is 9.13. The van der Waals surface area contributed by atoms with Crippen LogP contribution in [0.5, 0.6) is 0 Å². The maximum absolute atomic E-state index is 11.9. The number of sulfone groups is 1. The molecule has 0 spiro atoms. The molecule has 2 rings (SSSR count). The Kier molecular flexibility index (Phi) is 4.40. The van der Waals surface area contributed by atoms with Crippen LogP contribution in [0.1, 0.15) is 0 Å². The molecule has 1 aromatic rings. The number of hydrogen-bond donors (Lipinski definition) is 0. The summed E-state index contributed by atoms with van der Waals surface area (Å²) in [7, 11) is -3.38. The molecule has 1 aliphatic heterocycles. The number of anilines is 1. The van der Waals surface area contributed by atoms with Gasteiger partial charge in [-0.15, -0.1) is 0 Å². The highest BCUT2D eigenvalue weighted by Crippen LogP contribution is 2.33. The standard InChI is InChI=1S/C10H12ClN3O4S2/c1-20(17,18)9-6-19-5-4-13(9)10-7(14(15)16)2-3-8(11)12-10/h2-3,9H,4-6H2,1H3. The second-order valence-electron chi connectivity index (χ2n) is 4.29. The zero-order chi connectivity index (χ0) is 14.9. The van der Waals surface area contributed by atoms with Gasteiger partial charge in [0.05, 0.1) is 4.92 Å². The van der Waals surface area contributed by atoms with Crippen molar-refractivity contribution in [3.8, 4) is 0 Å². The Balaban J connectivity index is 2.52. The second kappa shape index (κ2) is 5.74. The Hall–Kier alpha value is -1.06. The van der Waals surface area contributed by atoms with Crippen molar-refractivity contribution in [2.75, 3.05) is 29.2 Å². The lowest BCUT2D eigenvalue weighted by Gasteiger charge is -2.34. The molecule has 1 unspecified atom stereocenters. The van der Waals surface area contributed by atoms with Gasteiger partial charge < -0.3 is 4.90 Å². The molecule has 1 atom stereocenters. The third kappa shape index (κ3) is 3.15. The van der Waals surface area contributed by atoms with Crippen LogP contribution in [0.4, 0.5) is 11.5 Å². The predicted molar refractivity (Wildman–Crippen MR) is 79.2 cm³/mol. The quantitative estimate of drug-likeness (QED) is 0.469. The average Bonchev–Trinajstić information content (AvgIpc) is 2.37. The summed E-state index contributed by atoms with van der Waals surface area (Å²) < 4.78 is 23.7. The van der Waals surface area contributed by atoms with Gasteiger partial charge in [-0.05, 0) is 6.07 Å². The number of pyridine rings is 1. The highest BCUT2D eigenvalue weighted by molar-refractivity contribution is 8.01. The van der Waals surface area contributed by atoms with Gasteiger partial charge in [0.15, 0.2) is 9.84 Å². The topological polar surface area (TPSA) is 93.4 Å². The molecular weight excluding hydrogens is 326 g/mol. The van der Waals surface area contributed by atoms with E-state index in [0.29, 0.717) is 18.1 Å². The molecule has 20 heavy (non-hydrogen) atoms. The van der Waals surface area contributed by atoms with Crippen molar-refractivity contribution < 1.29 is 13.3 Å². The molecule has 2 heterocycles. The van der Waals surface area contributed by atoms with E-state index >= 15 is 0 Å². The first-order chi connectivity index (χ1) is 9.30. The molecule has 110 valence electrons. The summed E-state index contributed by atoms with van der Waals surface area (Å²) in [5, 5.41) is 10.3. The molecule has 1 aromatic heterocycles. The number of nitrogens with zero attached hydrogens (tertiary/aromatic N) is 3. The van der Waals surface area contributed by atoms with E-state index in [1.54, 1.807) is 0 Å². The molecule has 0 N–H and O–H groups in total. The van der Waals surface area contributed by atoms with E-state index in [0.717, 1.165) is 6.26 Å². The lowest BCUT2D eigenvalue weighted by Crippen LogP contribution is -2.47. The van der Waals surface area contributed by atoms with Crippen LogP contribution in [0.15, 0.2) is 12.1 Å². The first-order valence-electron chi connectivity index (χ1n) is 5.65. The highest BCUT2D eigenvalue weighted by Gasteiger charge is 2.35. The maximum Gasteiger partial charge on any atom is 0.311 e. The fraction of sp³-hybridized carbons (Fsp3) is 0.500. The number of rotatable bonds is 3. The van der Waals surface area contributed by atoms with E-state index in [1.807, 2.05) is 0 Å². The molecule has 10 heteroatoms. The monoisotopic (exact) mass is 337 g/mol. The van der Waals surface area contributed by atoms with Crippen LogP contribution in [0.25, 0.3) is 0 Å². The molecule has 0 aromatic carbocycles. The molecule has 1 aliphatic rings. The van der Waals surface area contributed by atoms with Crippen LogP contribution in [0, 0.1) is 10.1 Å². The summed E-state index contributed by atoms with van der Waals surface area (Å²) >= 11 is 7.28. The second-order valence-corrected chi connectivity index (χ2v) is 8.03. The van der Waals surface area contributed by atoms with Crippen molar-refractivity contribution in [2.24, 2.45) is 0 Å². The van der Waals surface area contributed by atoms with Crippen LogP contribution < -0.4 is 4.90 Å². The Morgan fingerprint density at radius 2 is 2.25 bits per heavy atom. The molecule has 1 saturated heterocycles. The van der Waals surface area contributed by atoms with E-state index in [1.165, 1.54) is 28.8 Å². The molecule has 0 radical (unpaired) electrons. The van der Waals surface area contributed by atoms with E-state index in [2.05, 4.69) is 4.98 Å². The van der Waals surface area contributed by atoms with Crippen LogP contribution in [-0.2, 0) is 9.84 Å². The van der Waals surface area contributed by atoms with Gasteiger partial charge in [0, 0.05) is 30.4 Å². The van der Waals surface area contributed by atoms with Gasteiger partial charge in [-0.2, -0.15) is 11.8 Å². The molecule has 1 fully saturated rings. The predicted octanol–water partition coefficient (Wildman–Crippen LogP) is 1.57. The number of aromatic nitrogens is 1. The van der Waals surface area contributed by atoms with Crippen LogP contribution in [0.3, 0.4) is 0 Å². The van der Waals surface area contributed by atoms with Gasteiger partial charge in [-0.3, -0.25) is 10.1 Å². The maximum atomic E-state index is 11.9. The zero-order valence-corrected chi connectivity index (χ0v) is 12.9. The fourth-order valence-electron chi connectivity index (χ4n) is 1.95. The minimum Gasteiger partial charge on any atom is -0.332 e. The van der Waals surface area contributed by atoms with Crippen molar-refractivity contribution >= 4 is 44.7 Å². The normalized spacial score (nSPS) is 19.9. The van der Waals surface area contributed by atoms with Crippen LogP contribution in [0.2, 0.25) is 5.15 Å². The summed E-state index contributed by atoms with van der Waals surface area (Å²) in [6, 6.07) is 2.56. The third-order valence-corrected chi connectivity index (χ3v) is 5.72. The molecule has 0 aliphatic carbocycles. The smallest absolute Gasteiger partial charge is 0.311 e. The lowest BCUT2D eigenvalue weighted by molar-refractivity contribution is -0.384. The summed E-state index contributed by atoms with van der Waals surface area (Å²) in [6.45, 7) is 0.372. The fourth-order valence-corrected chi connectivity index (χ4v) is 4.91. The van der Waals surface area contributed by atoms with Gasteiger partial charge in [-0.1, -0.05) is 11.6 Å². The van der Waals surface area contributed by atoms with E-state index in [-0.39, 0.29) is 16.7 Å². The van der Waals surface area contributed by atoms with Crippen LogP contribution in [-0.4, -0.2) is 48.0 Å². The van der Waals surface area contributed by atoms with Crippen molar-refractivity contribution in [3.63, 3.8) is 0 Å². The Bertz CT molecular complexity index is 637. The first kappa shape index (κ1) is 15.3. The number of halogens is 1. The SMILES string of the molecule is CS(=O)(=O)C1CSCCN1c1nc(Cl)ccc1[N+](=O)[O-]. The van der Waals surface area contributed by atoms with Gasteiger partial charge in [0.25, 0.3) is 0 Å². The number of thioether (sulfide) groups is 1. The lowest BCUT2D eigenvalue weighted by atomic mass is 10.3. The molecule has 0 bridgehead atoms. The largest absolute Gasteiger partial charge is 0.332 e. The van der Waals surface area contributed by atoms with Gasteiger partial charge in [0.2, 0.25) is 5.82 Å². The Labute approximate surface area is 125 Å². The third-order valence-electron chi connectivity index (χ3n) is 2.87. The van der Waals surface area contributed by atoms with Crippen molar-refractivity contribution in [3.05, 3.63) is 27.4 Å². The Morgan fingerprint density at radius 3 is 2.85 bits per heavy atom.